The molecular formula is C17H18N6O. The van der Waals surface area contributed by atoms with Crippen LogP contribution in [0, 0.1) is 0 Å². The standard InChI is InChI=1S/C17H18N6O/c1-11(2)22-8-3-4-15(22)17(24)23-9-7-12-10-13(5-6-14(12)23)16-18-20-21-19-16/h3-6,8,10-11H,7,9H2,1-2H3,(H,18,19,20,21). The first kappa shape index (κ1) is 14.6. The predicted octanol–water partition coefficient (Wildman–Crippen LogP) is 2.45. The molecule has 2 aromatic heterocycles. The number of hydrogen-bond donors (Lipinski definition) is 1. The predicted molar refractivity (Wildman–Crippen MR) is 89.8 cm³/mol. The van der Waals surface area contributed by atoms with E-state index in [4.69, 9.17) is 0 Å². The van der Waals surface area contributed by atoms with Crippen LogP contribution in [0.1, 0.15) is 35.9 Å². The molecule has 0 atom stereocenters. The van der Waals surface area contributed by atoms with E-state index in [1.807, 2.05) is 46.0 Å². The van der Waals surface area contributed by atoms with Crippen LogP contribution in [0.5, 0.6) is 0 Å². The van der Waals surface area contributed by atoms with Crippen LogP contribution in [0.3, 0.4) is 0 Å². The average molecular weight is 322 g/mol. The number of carbonyl (C=O) groups is 1. The average Bonchev–Trinajstić information content (AvgIpc) is 3.31. The van der Waals surface area contributed by atoms with Gasteiger partial charge in [0.25, 0.3) is 5.91 Å². The summed E-state index contributed by atoms with van der Waals surface area (Å²) in [6, 6.07) is 9.99. The van der Waals surface area contributed by atoms with E-state index in [0.717, 1.165) is 28.9 Å². The molecule has 0 aliphatic carbocycles. The summed E-state index contributed by atoms with van der Waals surface area (Å²) in [5.74, 6) is 0.607. The molecule has 0 spiro atoms. The van der Waals surface area contributed by atoms with Gasteiger partial charge in [-0.3, -0.25) is 4.79 Å². The van der Waals surface area contributed by atoms with Crippen LogP contribution in [-0.4, -0.2) is 37.6 Å². The second-order valence-corrected chi connectivity index (χ2v) is 6.18. The first-order chi connectivity index (χ1) is 11.6. The Kier molecular flexibility index (Phi) is 3.41. The Hall–Kier alpha value is -2.96. The maximum Gasteiger partial charge on any atom is 0.274 e. The van der Waals surface area contributed by atoms with Gasteiger partial charge in [-0.05, 0) is 61.4 Å². The summed E-state index contributed by atoms with van der Waals surface area (Å²) in [6.07, 6.45) is 2.78. The summed E-state index contributed by atoms with van der Waals surface area (Å²) >= 11 is 0. The topological polar surface area (TPSA) is 79.7 Å². The van der Waals surface area contributed by atoms with Crippen molar-refractivity contribution in [2.45, 2.75) is 26.3 Å². The molecule has 1 aliphatic rings. The quantitative estimate of drug-likeness (QED) is 0.803. The van der Waals surface area contributed by atoms with Crippen molar-refractivity contribution in [2.75, 3.05) is 11.4 Å². The third-order valence-electron chi connectivity index (χ3n) is 4.38. The molecule has 7 nitrogen and oxygen atoms in total. The van der Waals surface area contributed by atoms with E-state index in [-0.39, 0.29) is 11.9 Å². The highest BCUT2D eigenvalue weighted by Crippen LogP contribution is 2.32. The number of tetrazole rings is 1. The van der Waals surface area contributed by atoms with Crippen molar-refractivity contribution in [3.05, 3.63) is 47.8 Å². The van der Waals surface area contributed by atoms with E-state index in [1.165, 1.54) is 0 Å². The van der Waals surface area contributed by atoms with E-state index >= 15 is 0 Å². The summed E-state index contributed by atoms with van der Waals surface area (Å²) < 4.78 is 2.01. The highest BCUT2D eigenvalue weighted by Gasteiger charge is 2.28. The minimum atomic E-state index is 0.0414. The molecule has 0 saturated heterocycles. The molecule has 1 aromatic carbocycles. The van der Waals surface area contributed by atoms with E-state index in [0.29, 0.717) is 12.4 Å². The molecule has 3 heterocycles. The van der Waals surface area contributed by atoms with Crippen LogP contribution >= 0.6 is 0 Å². The summed E-state index contributed by atoms with van der Waals surface area (Å²) in [4.78, 5) is 14.8. The van der Waals surface area contributed by atoms with Gasteiger partial charge in [0.05, 0.1) is 0 Å². The van der Waals surface area contributed by atoms with Gasteiger partial charge >= 0.3 is 0 Å². The summed E-state index contributed by atoms with van der Waals surface area (Å²) in [6.45, 7) is 4.84. The van der Waals surface area contributed by atoms with Crippen molar-refractivity contribution in [3.63, 3.8) is 0 Å². The third-order valence-corrected chi connectivity index (χ3v) is 4.38. The van der Waals surface area contributed by atoms with Crippen molar-refractivity contribution in [2.24, 2.45) is 0 Å². The first-order valence-electron chi connectivity index (χ1n) is 8.00. The Morgan fingerprint density at radius 3 is 2.92 bits per heavy atom. The normalized spacial score (nSPS) is 13.5. The van der Waals surface area contributed by atoms with Gasteiger partial charge < -0.3 is 9.47 Å². The van der Waals surface area contributed by atoms with E-state index in [2.05, 4.69) is 34.5 Å². The molecule has 0 unspecified atom stereocenters. The Balaban J connectivity index is 1.67. The molecule has 4 rings (SSSR count). The van der Waals surface area contributed by atoms with E-state index in [9.17, 15) is 4.79 Å². The molecule has 0 saturated carbocycles. The number of H-pyrrole nitrogens is 1. The number of benzene rings is 1. The van der Waals surface area contributed by atoms with Crippen molar-refractivity contribution in [1.29, 1.82) is 0 Å². The number of carbonyl (C=O) groups excluding carboxylic acids is 1. The molecule has 1 N–H and O–H groups in total. The molecule has 0 bridgehead atoms. The molecule has 7 heteroatoms. The lowest BCUT2D eigenvalue weighted by molar-refractivity contribution is 0.0979. The molecule has 122 valence electrons. The van der Waals surface area contributed by atoms with Crippen molar-refractivity contribution in [1.82, 2.24) is 25.2 Å². The number of nitrogens with zero attached hydrogens (tertiary/aromatic N) is 5. The number of rotatable bonds is 3. The molecule has 0 fully saturated rings. The molecule has 1 amide bonds. The number of hydrogen-bond acceptors (Lipinski definition) is 4. The smallest absolute Gasteiger partial charge is 0.274 e. The highest BCUT2D eigenvalue weighted by atomic mass is 16.2. The fourth-order valence-corrected chi connectivity index (χ4v) is 3.20. The monoisotopic (exact) mass is 322 g/mol. The lowest BCUT2D eigenvalue weighted by atomic mass is 10.1. The fraction of sp³-hybridized carbons (Fsp3) is 0.294. The van der Waals surface area contributed by atoms with Crippen LogP contribution in [0.15, 0.2) is 36.5 Å². The van der Waals surface area contributed by atoms with Crippen molar-refractivity contribution in [3.8, 4) is 11.4 Å². The van der Waals surface area contributed by atoms with Gasteiger partial charge in [0.2, 0.25) is 5.82 Å². The summed E-state index contributed by atoms with van der Waals surface area (Å²) in [7, 11) is 0. The lowest BCUT2D eigenvalue weighted by Gasteiger charge is -2.20. The molecular weight excluding hydrogens is 304 g/mol. The van der Waals surface area contributed by atoms with Crippen molar-refractivity contribution < 1.29 is 4.79 Å². The van der Waals surface area contributed by atoms with Crippen LogP contribution in [0.4, 0.5) is 5.69 Å². The van der Waals surface area contributed by atoms with Crippen molar-refractivity contribution >= 4 is 11.6 Å². The van der Waals surface area contributed by atoms with Gasteiger partial charge in [0.15, 0.2) is 0 Å². The largest absolute Gasteiger partial charge is 0.341 e. The minimum Gasteiger partial charge on any atom is -0.341 e. The zero-order valence-corrected chi connectivity index (χ0v) is 13.6. The fourth-order valence-electron chi connectivity index (χ4n) is 3.20. The van der Waals surface area contributed by atoms with Crippen LogP contribution < -0.4 is 4.90 Å². The van der Waals surface area contributed by atoms with Gasteiger partial charge in [-0.25, -0.2) is 0 Å². The van der Waals surface area contributed by atoms with Crippen LogP contribution in [-0.2, 0) is 6.42 Å². The Morgan fingerprint density at radius 1 is 1.29 bits per heavy atom. The number of anilines is 1. The van der Waals surface area contributed by atoms with Gasteiger partial charge in [-0.15, -0.1) is 10.2 Å². The second-order valence-electron chi connectivity index (χ2n) is 6.18. The summed E-state index contributed by atoms with van der Waals surface area (Å²) in [5.41, 5.74) is 3.72. The van der Waals surface area contributed by atoms with E-state index in [1.54, 1.807) is 0 Å². The maximum absolute atomic E-state index is 13.0. The Bertz CT molecular complexity index is 880. The second kappa shape index (κ2) is 5.59. The number of fused-ring (bicyclic) bond motifs is 1. The number of aromatic amines is 1. The third kappa shape index (κ3) is 2.29. The van der Waals surface area contributed by atoms with Gasteiger partial charge in [0, 0.05) is 30.0 Å². The summed E-state index contributed by atoms with van der Waals surface area (Å²) in [5, 5.41) is 14.1. The number of aromatic nitrogens is 5. The zero-order valence-electron chi connectivity index (χ0n) is 13.6. The van der Waals surface area contributed by atoms with Gasteiger partial charge in [-0.1, -0.05) is 0 Å². The Morgan fingerprint density at radius 2 is 2.17 bits per heavy atom. The minimum absolute atomic E-state index is 0.0414. The maximum atomic E-state index is 13.0. The molecule has 1 aliphatic heterocycles. The lowest BCUT2D eigenvalue weighted by Crippen LogP contribution is -2.31. The number of nitrogens with one attached hydrogen (secondary N) is 1. The van der Waals surface area contributed by atoms with Gasteiger partial charge in [-0.2, -0.15) is 5.21 Å². The SMILES string of the molecule is CC(C)n1cccc1C(=O)N1CCc2cc(-c3nn[nH]n3)ccc21. The number of amides is 1. The van der Waals surface area contributed by atoms with Crippen LogP contribution in [0.25, 0.3) is 11.4 Å². The highest BCUT2D eigenvalue weighted by molar-refractivity contribution is 6.06. The first-order valence-corrected chi connectivity index (χ1v) is 8.00. The van der Waals surface area contributed by atoms with E-state index < -0.39 is 0 Å². The van der Waals surface area contributed by atoms with Gasteiger partial charge in [0.1, 0.15) is 5.69 Å². The van der Waals surface area contributed by atoms with Crippen LogP contribution in [0.2, 0.25) is 0 Å². The molecule has 3 aromatic rings. The molecule has 0 radical (unpaired) electrons. The molecule has 24 heavy (non-hydrogen) atoms. The zero-order chi connectivity index (χ0) is 16.7. The Labute approximate surface area is 139 Å².